The van der Waals surface area contributed by atoms with Gasteiger partial charge in [-0.3, -0.25) is 0 Å². The standard InChI is InChI=1S/C34H43N/c1-27(25-29-14-21-33(2,22-15-29)20-13-28-9-4-3-5-10-28)35-32-12-8-11-31(26-32)30-16-23-34(24-17-30)18-6-7-19-34/h4,8-12,14-16,21,26,35H,1,3,5-7,13,17-20,22-25H2,2H3. The average molecular weight is 466 g/mol. The Morgan fingerprint density at radius 1 is 0.971 bits per heavy atom. The maximum atomic E-state index is 4.35. The van der Waals surface area contributed by atoms with Crippen LogP contribution in [-0.2, 0) is 0 Å². The molecule has 4 aliphatic carbocycles. The summed E-state index contributed by atoms with van der Waals surface area (Å²) in [7, 11) is 0. The third kappa shape index (κ3) is 6.18. The SMILES string of the molecule is C=C(CC1=CCC(C)(CCC2=CCCC=C2)C=C1)Nc1cccc(C2=CCC3(CCCC3)CC2)c1. The molecule has 0 radical (unpaired) electrons. The first-order valence-corrected chi connectivity index (χ1v) is 14.0. The van der Waals surface area contributed by atoms with Gasteiger partial charge in [-0.15, -0.1) is 0 Å². The van der Waals surface area contributed by atoms with Crippen LogP contribution < -0.4 is 5.32 Å². The molecule has 5 rings (SSSR count). The number of anilines is 1. The molecule has 1 spiro atoms. The van der Waals surface area contributed by atoms with E-state index in [1.54, 1.807) is 0 Å². The van der Waals surface area contributed by atoms with Crippen molar-refractivity contribution in [3.8, 4) is 0 Å². The first kappa shape index (κ1) is 24.2. The molecule has 1 heteroatoms. The summed E-state index contributed by atoms with van der Waals surface area (Å²) in [5.41, 5.74) is 8.95. The maximum Gasteiger partial charge on any atom is 0.0387 e. The number of allylic oxidation sites excluding steroid dienone is 10. The van der Waals surface area contributed by atoms with Crippen LogP contribution in [0.25, 0.3) is 5.57 Å². The zero-order valence-corrected chi connectivity index (χ0v) is 21.8. The van der Waals surface area contributed by atoms with Crippen LogP contribution in [0.3, 0.4) is 0 Å². The summed E-state index contributed by atoms with van der Waals surface area (Å²) >= 11 is 0. The summed E-state index contributed by atoms with van der Waals surface area (Å²) in [6, 6.07) is 8.96. The van der Waals surface area contributed by atoms with Crippen molar-refractivity contribution in [1.29, 1.82) is 0 Å². The van der Waals surface area contributed by atoms with Crippen LogP contribution in [0, 0.1) is 10.8 Å². The number of benzene rings is 1. The quantitative estimate of drug-likeness (QED) is 0.402. The molecule has 1 aromatic rings. The van der Waals surface area contributed by atoms with Crippen molar-refractivity contribution in [2.24, 2.45) is 10.8 Å². The van der Waals surface area contributed by atoms with E-state index in [1.165, 1.54) is 92.9 Å². The third-order valence-corrected chi connectivity index (χ3v) is 8.93. The smallest absolute Gasteiger partial charge is 0.0387 e. The summed E-state index contributed by atoms with van der Waals surface area (Å²) in [4.78, 5) is 0. The van der Waals surface area contributed by atoms with E-state index in [1.807, 2.05) is 0 Å². The Bertz CT molecular complexity index is 1090. The Morgan fingerprint density at radius 2 is 1.86 bits per heavy atom. The lowest BCUT2D eigenvalue weighted by molar-refractivity contribution is 0.271. The largest absolute Gasteiger partial charge is 0.359 e. The fourth-order valence-corrected chi connectivity index (χ4v) is 6.48. The van der Waals surface area contributed by atoms with Gasteiger partial charge in [-0.25, -0.2) is 0 Å². The molecular formula is C34H43N. The van der Waals surface area contributed by atoms with E-state index >= 15 is 0 Å². The maximum absolute atomic E-state index is 4.35. The molecule has 0 saturated heterocycles. The molecule has 0 amide bonds. The second kappa shape index (κ2) is 10.6. The number of hydrogen-bond donors (Lipinski definition) is 1. The lowest BCUT2D eigenvalue weighted by atomic mass is 9.73. The van der Waals surface area contributed by atoms with Gasteiger partial charge in [0.05, 0.1) is 0 Å². The van der Waals surface area contributed by atoms with Crippen molar-refractivity contribution >= 4 is 11.3 Å². The predicted molar refractivity (Wildman–Crippen MR) is 152 cm³/mol. The summed E-state index contributed by atoms with van der Waals surface area (Å²) in [5, 5.41) is 3.59. The fourth-order valence-electron chi connectivity index (χ4n) is 6.48. The number of hydrogen-bond acceptors (Lipinski definition) is 1. The monoisotopic (exact) mass is 465 g/mol. The molecule has 0 aliphatic heterocycles. The van der Waals surface area contributed by atoms with Crippen LogP contribution in [0.1, 0.15) is 96.0 Å². The van der Waals surface area contributed by atoms with E-state index in [4.69, 9.17) is 0 Å². The van der Waals surface area contributed by atoms with Gasteiger partial charge in [-0.05, 0) is 104 Å². The highest BCUT2D eigenvalue weighted by atomic mass is 14.9. The van der Waals surface area contributed by atoms with Crippen LogP contribution in [0.2, 0.25) is 0 Å². The predicted octanol–water partition coefficient (Wildman–Crippen LogP) is 10.1. The Hall–Kier alpha value is -2.54. The second-order valence-electron chi connectivity index (χ2n) is 11.9. The van der Waals surface area contributed by atoms with E-state index < -0.39 is 0 Å². The normalized spacial score (nSPS) is 25.2. The van der Waals surface area contributed by atoms with Gasteiger partial charge < -0.3 is 5.32 Å². The van der Waals surface area contributed by atoms with Crippen molar-refractivity contribution in [2.75, 3.05) is 5.32 Å². The van der Waals surface area contributed by atoms with Crippen molar-refractivity contribution in [3.05, 3.63) is 95.8 Å². The van der Waals surface area contributed by atoms with Crippen molar-refractivity contribution in [1.82, 2.24) is 0 Å². The van der Waals surface area contributed by atoms with E-state index in [-0.39, 0.29) is 5.41 Å². The summed E-state index contributed by atoms with van der Waals surface area (Å²) in [5.74, 6) is 0. The highest BCUT2D eigenvalue weighted by Crippen LogP contribution is 2.49. The van der Waals surface area contributed by atoms with Crippen LogP contribution in [0.5, 0.6) is 0 Å². The molecule has 0 aromatic heterocycles. The summed E-state index contributed by atoms with van der Waals surface area (Å²) in [6.07, 6.45) is 33.2. The third-order valence-electron chi connectivity index (χ3n) is 8.93. The molecule has 35 heavy (non-hydrogen) atoms. The second-order valence-corrected chi connectivity index (χ2v) is 11.9. The fraction of sp³-hybridized carbons (Fsp3) is 0.471. The van der Waals surface area contributed by atoms with Crippen LogP contribution in [0.4, 0.5) is 5.69 Å². The lowest BCUT2D eigenvalue weighted by Gasteiger charge is -2.32. The molecule has 1 unspecified atom stereocenters. The van der Waals surface area contributed by atoms with Crippen LogP contribution in [-0.4, -0.2) is 0 Å². The van der Waals surface area contributed by atoms with Crippen molar-refractivity contribution < 1.29 is 0 Å². The van der Waals surface area contributed by atoms with Crippen LogP contribution >= 0.6 is 0 Å². The molecule has 0 heterocycles. The molecule has 184 valence electrons. The highest BCUT2D eigenvalue weighted by molar-refractivity contribution is 5.70. The van der Waals surface area contributed by atoms with Gasteiger partial charge in [0.1, 0.15) is 0 Å². The Balaban J connectivity index is 1.13. The first-order valence-electron chi connectivity index (χ1n) is 14.0. The molecule has 1 N–H and O–H groups in total. The number of nitrogens with one attached hydrogen (secondary N) is 1. The zero-order valence-electron chi connectivity index (χ0n) is 21.8. The molecule has 1 atom stereocenters. The van der Waals surface area contributed by atoms with Gasteiger partial charge in [-0.2, -0.15) is 0 Å². The minimum absolute atomic E-state index is 0.267. The number of rotatable bonds is 8. The van der Waals surface area contributed by atoms with Crippen LogP contribution in [0.15, 0.2) is 90.2 Å². The van der Waals surface area contributed by atoms with E-state index in [2.05, 4.69) is 85.6 Å². The summed E-state index contributed by atoms with van der Waals surface area (Å²) < 4.78 is 0. The van der Waals surface area contributed by atoms with Crippen molar-refractivity contribution in [2.45, 2.75) is 90.4 Å². The van der Waals surface area contributed by atoms with Gasteiger partial charge in [-0.1, -0.05) is 86.6 Å². The molecule has 4 aliphatic rings. The average Bonchev–Trinajstić information content (AvgIpc) is 3.33. The molecule has 1 aromatic carbocycles. The van der Waals surface area contributed by atoms with E-state index in [9.17, 15) is 0 Å². The Labute approximate surface area is 213 Å². The highest BCUT2D eigenvalue weighted by Gasteiger charge is 2.34. The minimum Gasteiger partial charge on any atom is -0.359 e. The molecule has 1 saturated carbocycles. The van der Waals surface area contributed by atoms with Gasteiger partial charge in [0, 0.05) is 17.8 Å². The van der Waals surface area contributed by atoms with Gasteiger partial charge in [0.2, 0.25) is 0 Å². The Kier molecular flexibility index (Phi) is 7.32. The van der Waals surface area contributed by atoms with Gasteiger partial charge in [0.25, 0.3) is 0 Å². The van der Waals surface area contributed by atoms with Gasteiger partial charge in [0.15, 0.2) is 0 Å². The lowest BCUT2D eigenvalue weighted by Crippen LogP contribution is -2.18. The molecule has 1 nitrogen and oxygen atoms in total. The minimum atomic E-state index is 0.267. The molecule has 1 fully saturated rings. The Morgan fingerprint density at radius 3 is 2.57 bits per heavy atom. The molecule has 0 bridgehead atoms. The van der Waals surface area contributed by atoms with E-state index in [0.29, 0.717) is 5.41 Å². The zero-order chi connectivity index (χ0) is 24.1. The summed E-state index contributed by atoms with van der Waals surface area (Å²) in [6.45, 7) is 6.75. The molecular weight excluding hydrogens is 422 g/mol. The topological polar surface area (TPSA) is 12.0 Å². The van der Waals surface area contributed by atoms with E-state index in [0.717, 1.165) is 24.2 Å². The van der Waals surface area contributed by atoms with Gasteiger partial charge >= 0.3 is 0 Å². The first-order chi connectivity index (χ1) is 17.0. The van der Waals surface area contributed by atoms with Crippen molar-refractivity contribution in [3.63, 3.8) is 0 Å².